The third kappa shape index (κ3) is 3.26. The maximum Gasteiger partial charge on any atom is 0.200 e. The van der Waals surface area contributed by atoms with E-state index in [0.29, 0.717) is 0 Å². The molecule has 3 rings (SSSR count). The molecule has 23 heavy (non-hydrogen) atoms. The highest BCUT2D eigenvalue weighted by molar-refractivity contribution is 5.71. The van der Waals surface area contributed by atoms with E-state index >= 15 is 0 Å². The summed E-state index contributed by atoms with van der Waals surface area (Å²) in [4.78, 5) is 0. The second kappa shape index (κ2) is 6.64. The van der Waals surface area contributed by atoms with Crippen molar-refractivity contribution in [2.75, 3.05) is 19.0 Å². The molecule has 6 nitrogen and oxygen atoms in total. The topological polar surface area (TPSA) is 64.3 Å². The van der Waals surface area contributed by atoms with Crippen molar-refractivity contribution < 1.29 is 4.74 Å². The Bertz CT molecular complexity index is 795. The van der Waals surface area contributed by atoms with Crippen LogP contribution in [0.15, 0.2) is 30.6 Å². The maximum atomic E-state index is 5.18. The lowest BCUT2D eigenvalue weighted by Gasteiger charge is -2.12. The number of nitrogens with zero attached hydrogens (tertiary/aromatic N) is 4. The monoisotopic (exact) mass is 311 g/mol. The standard InChI is InChI=1S/C17H21N5O/c1-12-13(2)21-22-11-19-20-17(22)16(12)18-10-4-5-14-6-8-15(23-3)9-7-14/h6-9,11,18H,4-5,10H2,1-3H3. The first-order valence-electron chi connectivity index (χ1n) is 7.73. The summed E-state index contributed by atoms with van der Waals surface area (Å²) in [7, 11) is 1.68. The molecule has 0 radical (unpaired) electrons. The molecule has 3 aromatic rings. The summed E-state index contributed by atoms with van der Waals surface area (Å²) in [5, 5.41) is 16.0. The Morgan fingerprint density at radius 3 is 2.70 bits per heavy atom. The van der Waals surface area contributed by atoms with Crippen LogP contribution in [0.3, 0.4) is 0 Å². The first kappa shape index (κ1) is 15.3. The molecule has 0 saturated carbocycles. The van der Waals surface area contributed by atoms with Crippen molar-refractivity contribution in [2.45, 2.75) is 26.7 Å². The number of nitrogens with one attached hydrogen (secondary N) is 1. The van der Waals surface area contributed by atoms with Crippen LogP contribution < -0.4 is 10.1 Å². The van der Waals surface area contributed by atoms with E-state index in [0.717, 1.165) is 47.7 Å². The first-order chi connectivity index (χ1) is 11.2. The Morgan fingerprint density at radius 1 is 1.17 bits per heavy atom. The van der Waals surface area contributed by atoms with E-state index in [2.05, 4.69) is 39.7 Å². The van der Waals surface area contributed by atoms with Crippen molar-refractivity contribution >= 4 is 11.3 Å². The quantitative estimate of drug-likeness (QED) is 0.709. The van der Waals surface area contributed by atoms with Crippen LogP contribution in [-0.4, -0.2) is 33.5 Å². The minimum Gasteiger partial charge on any atom is -0.497 e. The molecule has 0 aliphatic rings. The predicted octanol–water partition coefficient (Wildman–Crippen LogP) is 2.79. The van der Waals surface area contributed by atoms with Gasteiger partial charge in [0.05, 0.1) is 18.5 Å². The fourth-order valence-electron chi connectivity index (χ4n) is 2.56. The molecular formula is C17H21N5O. The van der Waals surface area contributed by atoms with E-state index < -0.39 is 0 Å². The second-order valence-corrected chi connectivity index (χ2v) is 5.56. The fourth-order valence-corrected chi connectivity index (χ4v) is 2.56. The summed E-state index contributed by atoms with van der Waals surface area (Å²) in [6, 6.07) is 8.21. The largest absolute Gasteiger partial charge is 0.497 e. The number of fused-ring (bicyclic) bond motifs is 1. The van der Waals surface area contributed by atoms with Crippen molar-refractivity contribution in [1.82, 2.24) is 19.8 Å². The SMILES string of the molecule is COc1ccc(CCCNc2c(C)c(C)nn3cnnc23)cc1. The number of anilines is 1. The highest BCUT2D eigenvalue weighted by Gasteiger charge is 2.10. The van der Waals surface area contributed by atoms with Crippen LogP contribution in [0, 0.1) is 13.8 Å². The number of hydrogen-bond donors (Lipinski definition) is 1. The number of aromatic nitrogens is 4. The molecule has 2 aromatic heterocycles. The van der Waals surface area contributed by atoms with Crippen LogP contribution in [0.1, 0.15) is 23.2 Å². The van der Waals surface area contributed by atoms with Gasteiger partial charge in [-0.1, -0.05) is 12.1 Å². The molecule has 0 aliphatic heterocycles. The Labute approximate surface area is 135 Å². The average molecular weight is 311 g/mol. The normalized spacial score (nSPS) is 10.9. The third-order valence-electron chi connectivity index (χ3n) is 4.03. The zero-order valence-electron chi connectivity index (χ0n) is 13.7. The maximum absolute atomic E-state index is 5.18. The van der Waals surface area contributed by atoms with E-state index in [-0.39, 0.29) is 0 Å². The van der Waals surface area contributed by atoms with Gasteiger partial charge < -0.3 is 10.1 Å². The van der Waals surface area contributed by atoms with Crippen molar-refractivity contribution in [3.63, 3.8) is 0 Å². The summed E-state index contributed by atoms with van der Waals surface area (Å²) in [5.41, 5.74) is 5.20. The van der Waals surface area contributed by atoms with Crippen molar-refractivity contribution in [2.24, 2.45) is 0 Å². The number of methoxy groups -OCH3 is 1. The van der Waals surface area contributed by atoms with Crippen LogP contribution in [-0.2, 0) is 6.42 Å². The molecule has 0 spiro atoms. The first-order valence-corrected chi connectivity index (χ1v) is 7.73. The van der Waals surface area contributed by atoms with Crippen molar-refractivity contribution in [3.8, 4) is 5.75 Å². The summed E-state index contributed by atoms with van der Waals surface area (Å²) in [6.07, 6.45) is 3.68. The Morgan fingerprint density at radius 2 is 1.96 bits per heavy atom. The van der Waals surface area contributed by atoms with Crippen LogP contribution in [0.2, 0.25) is 0 Å². The molecular weight excluding hydrogens is 290 g/mol. The summed E-state index contributed by atoms with van der Waals surface area (Å²) in [5.74, 6) is 0.893. The average Bonchev–Trinajstić information content (AvgIpc) is 3.03. The van der Waals surface area contributed by atoms with Crippen LogP contribution in [0.25, 0.3) is 5.65 Å². The van der Waals surface area contributed by atoms with Crippen molar-refractivity contribution in [3.05, 3.63) is 47.4 Å². The molecule has 0 atom stereocenters. The van der Waals surface area contributed by atoms with Crippen LogP contribution in [0.5, 0.6) is 5.75 Å². The molecule has 1 aromatic carbocycles. The van der Waals surface area contributed by atoms with E-state index in [4.69, 9.17) is 4.74 Å². The molecule has 1 N–H and O–H groups in total. The fraction of sp³-hybridized carbons (Fsp3) is 0.353. The second-order valence-electron chi connectivity index (χ2n) is 5.56. The Kier molecular flexibility index (Phi) is 4.41. The Hall–Kier alpha value is -2.63. The van der Waals surface area contributed by atoms with Gasteiger partial charge in [0.15, 0.2) is 0 Å². The zero-order valence-corrected chi connectivity index (χ0v) is 13.7. The number of rotatable bonds is 6. The molecule has 120 valence electrons. The highest BCUT2D eigenvalue weighted by Crippen LogP contribution is 2.21. The van der Waals surface area contributed by atoms with Crippen LogP contribution >= 0.6 is 0 Å². The summed E-state index contributed by atoms with van der Waals surface area (Å²) < 4.78 is 6.89. The molecule has 0 bridgehead atoms. The van der Waals surface area contributed by atoms with Crippen LogP contribution in [0.4, 0.5) is 5.69 Å². The van der Waals surface area contributed by atoms with Gasteiger partial charge in [-0.15, -0.1) is 10.2 Å². The third-order valence-corrected chi connectivity index (χ3v) is 4.03. The minimum absolute atomic E-state index is 0.776. The molecule has 0 fully saturated rings. The van der Waals surface area contributed by atoms with E-state index in [1.807, 2.05) is 19.1 Å². The number of aryl methyl sites for hydroxylation is 2. The molecule has 2 heterocycles. The zero-order chi connectivity index (χ0) is 16.2. The van der Waals surface area contributed by atoms with E-state index in [9.17, 15) is 0 Å². The van der Waals surface area contributed by atoms with Gasteiger partial charge in [-0.05, 0) is 49.9 Å². The van der Waals surface area contributed by atoms with Crippen molar-refractivity contribution in [1.29, 1.82) is 0 Å². The van der Waals surface area contributed by atoms with E-state index in [1.165, 1.54) is 5.56 Å². The smallest absolute Gasteiger partial charge is 0.200 e. The van der Waals surface area contributed by atoms with Gasteiger partial charge in [-0.3, -0.25) is 0 Å². The predicted molar refractivity (Wildman–Crippen MR) is 90.1 cm³/mol. The van der Waals surface area contributed by atoms with Gasteiger partial charge in [-0.2, -0.15) is 9.61 Å². The number of benzene rings is 1. The summed E-state index contributed by atoms with van der Waals surface area (Å²) >= 11 is 0. The molecule has 0 amide bonds. The summed E-state index contributed by atoms with van der Waals surface area (Å²) in [6.45, 7) is 4.93. The van der Waals surface area contributed by atoms with Gasteiger partial charge in [0.2, 0.25) is 5.65 Å². The lowest BCUT2D eigenvalue weighted by atomic mass is 10.1. The van der Waals surface area contributed by atoms with Gasteiger partial charge >= 0.3 is 0 Å². The highest BCUT2D eigenvalue weighted by atomic mass is 16.5. The van der Waals surface area contributed by atoms with E-state index in [1.54, 1.807) is 18.0 Å². The van der Waals surface area contributed by atoms with Gasteiger partial charge in [-0.25, -0.2) is 0 Å². The number of hydrogen-bond acceptors (Lipinski definition) is 5. The lowest BCUT2D eigenvalue weighted by Crippen LogP contribution is -2.09. The minimum atomic E-state index is 0.776. The Balaban J connectivity index is 1.62. The van der Waals surface area contributed by atoms with Gasteiger partial charge in [0.1, 0.15) is 12.1 Å². The van der Waals surface area contributed by atoms with Gasteiger partial charge in [0, 0.05) is 6.54 Å². The molecule has 0 saturated heterocycles. The lowest BCUT2D eigenvalue weighted by molar-refractivity contribution is 0.414. The van der Waals surface area contributed by atoms with Gasteiger partial charge in [0.25, 0.3) is 0 Å². The molecule has 6 heteroatoms. The number of ether oxygens (including phenoxy) is 1. The molecule has 0 aliphatic carbocycles. The molecule has 0 unspecified atom stereocenters.